The van der Waals surface area contributed by atoms with E-state index in [1.807, 2.05) is 25.2 Å². The van der Waals surface area contributed by atoms with Gasteiger partial charge < -0.3 is 0 Å². The molecule has 2 heteroatoms. The third-order valence-electron chi connectivity index (χ3n) is 1.40. The van der Waals surface area contributed by atoms with Crippen molar-refractivity contribution in [2.75, 3.05) is 0 Å². The summed E-state index contributed by atoms with van der Waals surface area (Å²) in [6.07, 6.45) is 6.43. The van der Waals surface area contributed by atoms with Crippen LogP contribution < -0.4 is 0 Å². The van der Waals surface area contributed by atoms with Gasteiger partial charge in [0.2, 0.25) is 0 Å². The van der Waals surface area contributed by atoms with Crippen LogP contribution in [0.2, 0.25) is 0 Å². The van der Waals surface area contributed by atoms with E-state index in [-0.39, 0.29) is 0 Å². The first-order valence-corrected chi connectivity index (χ1v) is 3.85. The first-order chi connectivity index (χ1) is 4.70. The van der Waals surface area contributed by atoms with Crippen LogP contribution in [0.25, 0.3) is 0 Å². The quantitative estimate of drug-likeness (QED) is 0.527. The molecule has 0 unspecified atom stereocenters. The van der Waals surface area contributed by atoms with Crippen LogP contribution in [0.15, 0.2) is 33.9 Å². The summed E-state index contributed by atoms with van der Waals surface area (Å²) < 4.78 is 0. The summed E-state index contributed by atoms with van der Waals surface area (Å²) in [5.41, 5.74) is 1.09. The maximum Gasteiger partial charge on any atom is 0.0369 e. The highest BCUT2D eigenvalue weighted by Crippen LogP contribution is 2.21. The lowest BCUT2D eigenvalue weighted by Gasteiger charge is -1.92. The zero-order valence-corrected chi connectivity index (χ0v) is 7.21. The van der Waals surface area contributed by atoms with E-state index < -0.39 is 0 Å². The summed E-state index contributed by atoms with van der Waals surface area (Å²) in [5, 5.41) is 1.63. The van der Waals surface area contributed by atoms with E-state index in [1.165, 1.54) is 0 Å². The fraction of sp³-hybridized carbons (Fsp3) is 0.250. The van der Waals surface area contributed by atoms with Gasteiger partial charge in [0.25, 0.3) is 0 Å². The average molecular weight is 175 g/mol. The lowest BCUT2D eigenvalue weighted by Crippen LogP contribution is -1.72. The molecule has 0 spiro atoms. The van der Waals surface area contributed by atoms with E-state index in [9.17, 15) is 0 Å². The third-order valence-corrected chi connectivity index (χ3v) is 2.13. The third kappa shape index (κ3) is 1.89. The van der Waals surface area contributed by atoms with Gasteiger partial charge in [-0.15, -0.1) is 0 Å². The molecule has 0 amide bonds. The largest absolute Gasteiger partial charge is 0.0885 e. The lowest BCUT2D eigenvalue weighted by molar-refractivity contribution is 1.30. The number of halogens is 2. The van der Waals surface area contributed by atoms with E-state index in [1.54, 1.807) is 0 Å². The molecule has 0 heterocycles. The maximum absolute atomic E-state index is 5.86. The number of hydrogen-bond donors (Lipinski definition) is 0. The molecule has 0 saturated heterocycles. The molecule has 1 aliphatic rings. The molecule has 0 aromatic heterocycles. The summed E-state index contributed by atoms with van der Waals surface area (Å²) in [6.45, 7) is 1.97. The normalized spacial score (nSPS) is 18.9. The highest BCUT2D eigenvalue weighted by molar-refractivity contribution is 6.32. The van der Waals surface area contributed by atoms with Crippen LogP contribution in [-0.4, -0.2) is 0 Å². The second-order valence-electron chi connectivity index (χ2n) is 2.21. The summed E-state index contributed by atoms with van der Waals surface area (Å²) in [5.74, 6) is 0. The molecule has 0 radical (unpaired) electrons. The monoisotopic (exact) mass is 174 g/mol. The van der Waals surface area contributed by atoms with Gasteiger partial charge in [-0.2, -0.15) is 0 Å². The average Bonchev–Trinajstić information content (AvgIpc) is 2.04. The zero-order chi connectivity index (χ0) is 7.56. The molecule has 0 aliphatic heterocycles. The van der Waals surface area contributed by atoms with Crippen molar-refractivity contribution in [1.82, 2.24) is 0 Å². The Balaban J connectivity index is 2.89. The van der Waals surface area contributed by atoms with Crippen molar-refractivity contribution in [3.8, 4) is 0 Å². The minimum absolute atomic E-state index is 0.749. The molecule has 1 rings (SSSR count). The second-order valence-corrected chi connectivity index (χ2v) is 3.11. The van der Waals surface area contributed by atoms with E-state index in [0.717, 1.165) is 22.1 Å². The summed E-state index contributed by atoms with van der Waals surface area (Å²) >= 11 is 11.6. The van der Waals surface area contributed by atoms with Crippen LogP contribution in [-0.2, 0) is 0 Å². The minimum atomic E-state index is 0.749. The van der Waals surface area contributed by atoms with Crippen molar-refractivity contribution >= 4 is 23.2 Å². The Morgan fingerprint density at radius 2 is 2.00 bits per heavy atom. The SMILES string of the molecule is CC1=C(Cl)CC=C(Cl)C=C1. The molecule has 1 aliphatic carbocycles. The Labute approximate surface area is 70.8 Å². The van der Waals surface area contributed by atoms with Crippen molar-refractivity contribution in [3.63, 3.8) is 0 Å². The Morgan fingerprint density at radius 1 is 1.30 bits per heavy atom. The number of rotatable bonds is 0. The molecule has 0 atom stereocenters. The Kier molecular flexibility index (Phi) is 2.58. The second kappa shape index (κ2) is 3.27. The van der Waals surface area contributed by atoms with Gasteiger partial charge in [0.1, 0.15) is 0 Å². The Bertz CT molecular complexity index is 221. The predicted octanol–water partition coefficient (Wildman–Crippen LogP) is 3.58. The summed E-state index contributed by atoms with van der Waals surface area (Å²) in [4.78, 5) is 0. The molecule has 0 aromatic rings. The van der Waals surface area contributed by atoms with Crippen LogP contribution in [0.5, 0.6) is 0 Å². The Hall–Kier alpha value is -0.200. The minimum Gasteiger partial charge on any atom is -0.0885 e. The van der Waals surface area contributed by atoms with Crippen molar-refractivity contribution < 1.29 is 0 Å². The topological polar surface area (TPSA) is 0 Å². The van der Waals surface area contributed by atoms with Crippen molar-refractivity contribution in [2.45, 2.75) is 13.3 Å². The van der Waals surface area contributed by atoms with Crippen LogP contribution >= 0.6 is 23.2 Å². The van der Waals surface area contributed by atoms with Crippen LogP contribution in [0.4, 0.5) is 0 Å². The highest BCUT2D eigenvalue weighted by Gasteiger charge is 1.98. The molecule has 10 heavy (non-hydrogen) atoms. The zero-order valence-electron chi connectivity index (χ0n) is 5.70. The van der Waals surface area contributed by atoms with Gasteiger partial charge >= 0.3 is 0 Å². The van der Waals surface area contributed by atoms with Gasteiger partial charge in [0, 0.05) is 16.5 Å². The lowest BCUT2D eigenvalue weighted by atomic mass is 10.2. The molecule has 0 nitrogen and oxygen atoms in total. The highest BCUT2D eigenvalue weighted by atomic mass is 35.5. The summed E-state index contributed by atoms with van der Waals surface area (Å²) in [7, 11) is 0. The van der Waals surface area contributed by atoms with Crippen LogP contribution in [0.3, 0.4) is 0 Å². The van der Waals surface area contributed by atoms with E-state index in [0.29, 0.717) is 0 Å². The number of hydrogen-bond acceptors (Lipinski definition) is 0. The van der Waals surface area contributed by atoms with E-state index >= 15 is 0 Å². The van der Waals surface area contributed by atoms with Crippen LogP contribution in [0.1, 0.15) is 13.3 Å². The van der Waals surface area contributed by atoms with Gasteiger partial charge in [0.15, 0.2) is 0 Å². The first kappa shape index (κ1) is 7.90. The molecule has 0 saturated carbocycles. The first-order valence-electron chi connectivity index (χ1n) is 3.09. The molecular weight excluding hydrogens is 167 g/mol. The molecule has 54 valence electrons. The standard InChI is InChI=1S/C8H8Cl2/c1-6-2-3-7(9)4-5-8(6)10/h2-4H,5H2,1H3. The van der Waals surface area contributed by atoms with Crippen molar-refractivity contribution in [1.29, 1.82) is 0 Å². The van der Waals surface area contributed by atoms with Gasteiger partial charge in [-0.3, -0.25) is 0 Å². The molecule has 0 bridgehead atoms. The molecule has 0 N–H and O–H groups in total. The van der Waals surface area contributed by atoms with Crippen LogP contribution in [0, 0.1) is 0 Å². The fourth-order valence-corrected chi connectivity index (χ4v) is 0.991. The number of allylic oxidation sites excluding steroid dienone is 6. The molecular formula is C8H8Cl2. The van der Waals surface area contributed by atoms with E-state index in [2.05, 4.69) is 0 Å². The van der Waals surface area contributed by atoms with Crippen molar-refractivity contribution in [2.24, 2.45) is 0 Å². The maximum atomic E-state index is 5.86. The van der Waals surface area contributed by atoms with Gasteiger partial charge in [-0.05, 0) is 18.6 Å². The predicted molar refractivity (Wildman–Crippen MR) is 46.2 cm³/mol. The summed E-state index contributed by atoms with van der Waals surface area (Å²) in [6, 6.07) is 0. The molecule has 0 aromatic carbocycles. The molecule has 0 fully saturated rings. The smallest absolute Gasteiger partial charge is 0.0369 e. The Morgan fingerprint density at radius 3 is 2.70 bits per heavy atom. The van der Waals surface area contributed by atoms with Crippen molar-refractivity contribution in [3.05, 3.63) is 33.9 Å². The van der Waals surface area contributed by atoms with Gasteiger partial charge in [0.05, 0.1) is 0 Å². The van der Waals surface area contributed by atoms with Gasteiger partial charge in [-0.25, -0.2) is 0 Å². The fourth-order valence-electron chi connectivity index (χ4n) is 0.711. The van der Waals surface area contributed by atoms with E-state index in [4.69, 9.17) is 23.2 Å². The van der Waals surface area contributed by atoms with Gasteiger partial charge in [-0.1, -0.05) is 35.4 Å².